The highest BCUT2D eigenvalue weighted by atomic mass is 19.4. The fourth-order valence-corrected chi connectivity index (χ4v) is 4.66. The second-order valence-electron chi connectivity index (χ2n) is 10.5. The summed E-state index contributed by atoms with van der Waals surface area (Å²) in [5.41, 5.74) is -3.47. The van der Waals surface area contributed by atoms with Crippen LogP contribution in [-0.2, 0) is 17.1 Å². The summed E-state index contributed by atoms with van der Waals surface area (Å²) in [6.07, 6.45) is -11.0. The highest BCUT2D eigenvalue weighted by Gasteiger charge is 2.38. The van der Waals surface area contributed by atoms with Crippen LogP contribution in [0.4, 0.5) is 32.0 Å². The molecule has 0 spiro atoms. The maximum Gasteiger partial charge on any atom is 0.416 e. The molecule has 7 nitrogen and oxygen atoms in total. The number of ether oxygens (including phenoxy) is 1. The first-order valence-corrected chi connectivity index (χ1v) is 12.2. The van der Waals surface area contributed by atoms with Crippen LogP contribution in [0, 0.1) is 15.5 Å². The van der Waals surface area contributed by atoms with Crippen molar-refractivity contribution in [3.63, 3.8) is 0 Å². The SMILES string of the molecule is COc1ccc([N+](=O)[O-])cc1C1=C(C(=O)N[C@@H](C)[C@H](O)c2cc(C(F)(F)F)cc(C(F)(F)F)c2)CC(C)(C)CC1. The summed E-state index contributed by atoms with van der Waals surface area (Å²) in [5, 5.41) is 24.6. The van der Waals surface area contributed by atoms with E-state index in [0.29, 0.717) is 36.1 Å². The van der Waals surface area contributed by atoms with Crippen LogP contribution in [0.3, 0.4) is 0 Å². The van der Waals surface area contributed by atoms with Gasteiger partial charge in [0.15, 0.2) is 0 Å². The number of hydrogen-bond donors (Lipinski definition) is 2. The number of rotatable bonds is 7. The number of carbonyl (C=O) groups excluding carboxylic acids is 1. The first-order valence-electron chi connectivity index (χ1n) is 12.2. The van der Waals surface area contributed by atoms with Crippen molar-refractivity contribution in [1.29, 1.82) is 0 Å². The van der Waals surface area contributed by atoms with Crippen molar-refractivity contribution in [3.05, 3.63) is 74.3 Å². The van der Waals surface area contributed by atoms with E-state index in [4.69, 9.17) is 4.74 Å². The van der Waals surface area contributed by atoms with Crippen LogP contribution in [-0.4, -0.2) is 29.1 Å². The number of amides is 1. The van der Waals surface area contributed by atoms with Crippen LogP contribution in [0.15, 0.2) is 42.0 Å². The van der Waals surface area contributed by atoms with Gasteiger partial charge in [-0.3, -0.25) is 14.9 Å². The van der Waals surface area contributed by atoms with Crippen molar-refractivity contribution >= 4 is 17.2 Å². The van der Waals surface area contributed by atoms with Gasteiger partial charge in [0.25, 0.3) is 5.69 Å². The summed E-state index contributed by atoms with van der Waals surface area (Å²) in [7, 11) is 1.36. The van der Waals surface area contributed by atoms with Crippen molar-refractivity contribution in [2.75, 3.05) is 7.11 Å². The summed E-state index contributed by atoms with van der Waals surface area (Å²) in [4.78, 5) is 24.3. The molecule has 2 aromatic carbocycles. The Labute approximate surface area is 226 Å². The zero-order chi connectivity index (χ0) is 30.2. The third-order valence-electron chi connectivity index (χ3n) is 6.85. The minimum atomic E-state index is -5.10. The lowest BCUT2D eigenvalue weighted by atomic mass is 9.72. The largest absolute Gasteiger partial charge is 0.496 e. The lowest BCUT2D eigenvalue weighted by Crippen LogP contribution is -2.39. The summed E-state index contributed by atoms with van der Waals surface area (Å²) in [6, 6.07) is 3.39. The minimum absolute atomic E-state index is 0.0485. The van der Waals surface area contributed by atoms with Gasteiger partial charge >= 0.3 is 12.4 Å². The predicted molar refractivity (Wildman–Crippen MR) is 133 cm³/mol. The maximum absolute atomic E-state index is 13.5. The van der Waals surface area contributed by atoms with Gasteiger partial charge in [0.2, 0.25) is 5.91 Å². The quantitative estimate of drug-likeness (QED) is 0.214. The number of aliphatic hydroxyl groups is 1. The zero-order valence-corrected chi connectivity index (χ0v) is 22.0. The van der Waals surface area contributed by atoms with E-state index < -0.39 is 52.0 Å². The van der Waals surface area contributed by atoms with Crippen LogP contribution in [0.2, 0.25) is 0 Å². The molecule has 0 fully saturated rings. The highest BCUT2D eigenvalue weighted by molar-refractivity contribution is 6.02. The standard InChI is InChI=1S/C27H28F6N2O5/c1-14(23(36)15-9-16(26(28,29)30)11-17(10-15)27(31,32)33)34-24(37)21-13-25(2,3)8-7-19(21)20-12-18(35(38)39)5-6-22(20)40-4/h5-6,9-12,14,23,36H,7-8,13H2,1-4H3,(H,34,37)/t14-,23-/m0/s1. The molecule has 0 aromatic heterocycles. The number of allylic oxidation sites excluding steroid dienone is 1. The van der Waals surface area contributed by atoms with Crippen molar-refractivity contribution in [2.24, 2.45) is 5.41 Å². The number of nitrogens with zero attached hydrogens (tertiary/aromatic N) is 1. The summed E-state index contributed by atoms with van der Waals surface area (Å²) in [5.74, 6) is -0.437. The number of alkyl halides is 6. The Morgan fingerprint density at radius 2 is 1.65 bits per heavy atom. The van der Waals surface area contributed by atoms with E-state index in [1.54, 1.807) is 0 Å². The van der Waals surface area contributed by atoms with Crippen LogP contribution in [0.25, 0.3) is 5.57 Å². The Morgan fingerprint density at radius 1 is 1.07 bits per heavy atom. The number of nitro groups is 1. The Kier molecular flexibility index (Phi) is 8.59. The molecule has 0 heterocycles. The summed E-state index contributed by atoms with van der Waals surface area (Å²) < 4.78 is 85.1. The minimum Gasteiger partial charge on any atom is -0.496 e. The van der Waals surface area contributed by atoms with Gasteiger partial charge in [-0.1, -0.05) is 13.8 Å². The number of carbonyl (C=O) groups is 1. The van der Waals surface area contributed by atoms with E-state index in [0.717, 1.165) is 0 Å². The maximum atomic E-state index is 13.5. The van der Waals surface area contributed by atoms with Gasteiger partial charge in [0.1, 0.15) is 5.75 Å². The van der Waals surface area contributed by atoms with Gasteiger partial charge in [-0.15, -0.1) is 0 Å². The lowest BCUT2D eigenvalue weighted by Gasteiger charge is -2.34. The number of halogens is 6. The molecule has 0 unspecified atom stereocenters. The highest BCUT2D eigenvalue weighted by Crippen LogP contribution is 2.45. The van der Waals surface area contributed by atoms with Gasteiger partial charge in [-0.2, -0.15) is 26.3 Å². The molecule has 13 heteroatoms. The van der Waals surface area contributed by atoms with E-state index in [2.05, 4.69) is 5.32 Å². The normalized spacial score (nSPS) is 17.3. The van der Waals surface area contributed by atoms with Gasteiger partial charge in [-0.25, -0.2) is 0 Å². The van der Waals surface area contributed by atoms with E-state index >= 15 is 0 Å². The van der Waals surface area contributed by atoms with Crippen molar-refractivity contribution in [2.45, 2.75) is 64.5 Å². The first kappa shape index (κ1) is 30.9. The smallest absolute Gasteiger partial charge is 0.416 e. The number of hydrogen-bond acceptors (Lipinski definition) is 5. The van der Waals surface area contributed by atoms with E-state index in [-0.39, 0.29) is 34.9 Å². The average molecular weight is 575 g/mol. The van der Waals surface area contributed by atoms with Crippen LogP contribution >= 0.6 is 0 Å². The lowest BCUT2D eigenvalue weighted by molar-refractivity contribution is -0.384. The third kappa shape index (κ3) is 6.93. The number of non-ortho nitro benzene ring substituents is 1. The monoisotopic (exact) mass is 574 g/mol. The zero-order valence-electron chi connectivity index (χ0n) is 22.0. The Morgan fingerprint density at radius 3 is 2.15 bits per heavy atom. The molecule has 2 aromatic rings. The van der Waals surface area contributed by atoms with Gasteiger partial charge in [-0.05, 0) is 67.0 Å². The van der Waals surface area contributed by atoms with Crippen LogP contribution in [0.5, 0.6) is 5.75 Å². The van der Waals surface area contributed by atoms with Crippen LogP contribution in [0.1, 0.15) is 68.4 Å². The molecule has 0 saturated carbocycles. The average Bonchev–Trinajstić information content (AvgIpc) is 2.85. The topological polar surface area (TPSA) is 102 Å². The van der Waals surface area contributed by atoms with Crippen molar-refractivity contribution in [1.82, 2.24) is 5.32 Å². The molecular weight excluding hydrogens is 546 g/mol. The number of benzene rings is 2. The molecule has 0 bridgehead atoms. The Balaban J connectivity index is 2.02. The van der Waals surface area contributed by atoms with Gasteiger partial charge < -0.3 is 15.2 Å². The predicted octanol–water partition coefficient (Wildman–Crippen LogP) is 6.84. The number of nitrogens with one attached hydrogen (secondary N) is 1. The second kappa shape index (κ2) is 11.1. The Hall–Kier alpha value is -3.61. The molecule has 1 aliphatic rings. The van der Waals surface area contributed by atoms with Crippen molar-refractivity contribution < 1.29 is 45.9 Å². The molecule has 0 radical (unpaired) electrons. The summed E-state index contributed by atoms with van der Waals surface area (Å²) in [6.45, 7) is 5.06. The number of nitro benzene ring substituents is 1. The molecule has 1 aliphatic carbocycles. The van der Waals surface area contributed by atoms with E-state index in [9.17, 15) is 46.4 Å². The van der Waals surface area contributed by atoms with Gasteiger partial charge in [0.05, 0.1) is 35.3 Å². The fraction of sp³-hybridized carbons (Fsp3) is 0.444. The fourth-order valence-electron chi connectivity index (χ4n) is 4.66. The number of aliphatic hydroxyl groups excluding tert-OH is 1. The molecule has 218 valence electrons. The number of methoxy groups -OCH3 is 1. The van der Waals surface area contributed by atoms with Crippen LogP contribution < -0.4 is 10.1 Å². The molecule has 2 atom stereocenters. The van der Waals surface area contributed by atoms with Gasteiger partial charge in [0, 0.05) is 23.3 Å². The first-order chi connectivity index (χ1) is 18.3. The molecule has 0 aliphatic heterocycles. The van der Waals surface area contributed by atoms with Crippen molar-refractivity contribution in [3.8, 4) is 5.75 Å². The molecular formula is C27H28F6N2O5. The third-order valence-corrected chi connectivity index (χ3v) is 6.85. The summed E-state index contributed by atoms with van der Waals surface area (Å²) >= 11 is 0. The molecule has 40 heavy (non-hydrogen) atoms. The molecule has 1 amide bonds. The Bertz CT molecular complexity index is 1300. The molecule has 2 N–H and O–H groups in total. The molecule has 0 saturated heterocycles. The molecule has 3 rings (SSSR count). The second-order valence-corrected chi connectivity index (χ2v) is 10.5. The van der Waals surface area contributed by atoms with E-state index in [1.807, 2.05) is 13.8 Å². The van der Waals surface area contributed by atoms with E-state index in [1.165, 1.54) is 32.2 Å².